The van der Waals surface area contributed by atoms with Crippen LogP contribution in [0.25, 0.3) is 0 Å². The first-order chi connectivity index (χ1) is 9.87. The SMILES string of the molecule is O=C(O)C1CCC(NS(=O)(=O)Cc2ccccc2Cl)CC1. The Morgan fingerprint density at radius 2 is 1.86 bits per heavy atom. The van der Waals surface area contributed by atoms with E-state index in [1.165, 1.54) is 0 Å². The van der Waals surface area contributed by atoms with E-state index in [0.29, 0.717) is 36.3 Å². The molecule has 1 aliphatic rings. The Balaban J connectivity index is 1.93. The van der Waals surface area contributed by atoms with Crippen molar-refractivity contribution in [3.63, 3.8) is 0 Å². The highest BCUT2D eigenvalue weighted by atomic mass is 35.5. The third kappa shape index (κ3) is 4.69. The Bertz CT molecular complexity index is 609. The summed E-state index contributed by atoms with van der Waals surface area (Å²) in [6.45, 7) is 0. The second-order valence-corrected chi connectivity index (χ2v) is 7.52. The van der Waals surface area contributed by atoms with Gasteiger partial charge in [0.2, 0.25) is 10.0 Å². The van der Waals surface area contributed by atoms with Crippen molar-refractivity contribution >= 4 is 27.6 Å². The van der Waals surface area contributed by atoms with Gasteiger partial charge in [0, 0.05) is 11.1 Å². The summed E-state index contributed by atoms with van der Waals surface area (Å²) < 4.78 is 27.0. The molecule has 0 unspecified atom stereocenters. The number of rotatable bonds is 5. The summed E-state index contributed by atoms with van der Waals surface area (Å²) in [6, 6.07) is 6.65. The molecular formula is C14H18ClNO4S. The van der Waals surface area contributed by atoms with Crippen molar-refractivity contribution in [2.75, 3.05) is 0 Å². The fourth-order valence-corrected chi connectivity index (χ4v) is 4.34. The Morgan fingerprint density at radius 1 is 1.24 bits per heavy atom. The fourth-order valence-electron chi connectivity index (χ4n) is 2.57. The molecule has 7 heteroatoms. The lowest BCUT2D eigenvalue weighted by atomic mass is 9.87. The Labute approximate surface area is 129 Å². The number of halogens is 1. The molecule has 0 amide bonds. The number of hydrogen-bond acceptors (Lipinski definition) is 3. The summed E-state index contributed by atoms with van der Waals surface area (Å²) in [5, 5.41) is 9.36. The van der Waals surface area contributed by atoms with E-state index in [-0.39, 0.29) is 17.7 Å². The maximum Gasteiger partial charge on any atom is 0.306 e. The van der Waals surface area contributed by atoms with Crippen molar-refractivity contribution in [2.24, 2.45) is 5.92 Å². The van der Waals surface area contributed by atoms with Gasteiger partial charge < -0.3 is 5.11 Å². The molecule has 0 aromatic heterocycles. The minimum atomic E-state index is -3.48. The van der Waals surface area contributed by atoms with Crippen LogP contribution in [0.2, 0.25) is 5.02 Å². The highest BCUT2D eigenvalue weighted by Crippen LogP contribution is 2.25. The Kier molecular flexibility index (Phi) is 5.24. The first kappa shape index (κ1) is 16.3. The van der Waals surface area contributed by atoms with E-state index in [1.54, 1.807) is 24.3 Å². The first-order valence-electron chi connectivity index (χ1n) is 6.83. The maximum atomic E-state index is 12.1. The average Bonchev–Trinajstić information content (AvgIpc) is 2.41. The number of carbonyl (C=O) groups is 1. The molecule has 1 fully saturated rings. The zero-order valence-electron chi connectivity index (χ0n) is 11.5. The molecule has 0 aliphatic heterocycles. The van der Waals surface area contributed by atoms with Crippen LogP contribution in [0, 0.1) is 5.92 Å². The Morgan fingerprint density at radius 3 is 2.43 bits per heavy atom. The largest absolute Gasteiger partial charge is 0.481 e. The molecule has 1 saturated carbocycles. The normalized spacial score (nSPS) is 22.9. The molecule has 1 aromatic rings. The average molecular weight is 332 g/mol. The molecule has 1 aliphatic carbocycles. The quantitative estimate of drug-likeness (QED) is 0.867. The van der Waals surface area contributed by atoms with E-state index < -0.39 is 16.0 Å². The predicted octanol–water partition coefficient (Wildman–Crippen LogP) is 2.40. The fraction of sp³-hybridized carbons (Fsp3) is 0.500. The van der Waals surface area contributed by atoms with E-state index in [2.05, 4.69) is 4.72 Å². The monoisotopic (exact) mass is 331 g/mol. The molecule has 2 N–H and O–H groups in total. The number of hydrogen-bond donors (Lipinski definition) is 2. The third-order valence-corrected chi connectivity index (χ3v) is 5.48. The summed E-state index contributed by atoms with van der Waals surface area (Å²) >= 11 is 5.97. The molecular weight excluding hydrogens is 314 g/mol. The molecule has 0 bridgehead atoms. The first-order valence-corrected chi connectivity index (χ1v) is 8.86. The van der Waals surface area contributed by atoms with Gasteiger partial charge in [-0.25, -0.2) is 13.1 Å². The van der Waals surface area contributed by atoms with Gasteiger partial charge in [-0.05, 0) is 37.3 Å². The van der Waals surface area contributed by atoms with Crippen molar-refractivity contribution in [3.8, 4) is 0 Å². The zero-order valence-corrected chi connectivity index (χ0v) is 13.0. The number of aliphatic carboxylic acids is 1. The summed E-state index contributed by atoms with van der Waals surface area (Å²) in [4.78, 5) is 10.9. The number of carboxylic acids is 1. The van der Waals surface area contributed by atoms with Gasteiger partial charge in [0.25, 0.3) is 0 Å². The van der Waals surface area contributed by atoms with Gasteiger partial charge in [0.1, 0.15) is 0 Å². The van der Waals surface area contributed by atoms with Crippen molar-refractivity contribution in [1.82, 2.24) is 4.72 Å². The lowest BCUT2D eigenvalue weighted by Gasteiger charge is -2.26. The molecule has 1 aromatic carbocycles. The van der Waals surface area contributed by atoms with Crippen LogP contribution in [0.4, 0.5) is 0 Å². The van der Waals surface area contributed by atoms with Gasteiger partial charge in [-0.3, -0.25) is 4.79 Å². The molecule has 0 atom stereocenters. The molecule has 21 heavy (non-hydrogen) atoms. The lowest BCUT2D eigenvalue weighted by molar-refractivity contribution is -0.142. The molecule has 0 saturated heterocycles. The van der Waals surface area contributed by atoms with E-state index in [4.69, 9.17) is 16.7 Å². The minimum absolute atomic E-state index is 0.161. The van der Waals surface area contributed by atoms with Crippen LogP contribution in [-0.4, -0.2) is 25.5 Å². The van der Waals surface area contributed by atoms with Crippen LogP contribution in [0.3, 0.4) is 0 Å². The van der Waals surface area contributed by atoms with Crippen molar-refractivity contribution in [1.29, 1.82) is 0 Å². The van der Waals surface area contributed by atoms with Gasteiger partial charge in [-0.2, -0.15) is 0 Å². The summed E-state index contributed by atoms with van der Waals surface area (Å²) in [7, 11) is -3.48. The van der Waals surface area contributed by atoms with E-state index in [1.807, 2.05) is 0 Å². The smallest absolute Gasteiger partial charge is 0.306 e. The van der Waals surface area contributed by atoms with Gasteiger partial charge in [0.15, 0.2) is 0 Å². The zero-order chi connectivity index (χ0) is 15.5. The second-order valence-electron chi connectivity index (χ2n) is 5.36. The van der Waals surface area contributed by atoms with Crippen molar-refractivity contribution < 1.29 is 18.3 Å². The lowest BCUT2D eigenvalue weighted by Crippen LogP contribution is -2.39. The topological polar surface area (TPSA) is 83.5 Å². The molecule has 0 heterocycles. The Hall–Kier alpha value is -1.11. The molecule has 0 radical (unpaired) electrons. The number of benzene rings is 1. The van der Waals surface area contributed by atoms with Crippen molar-refractivity contribution in [3.05, 3.63) is 34.9 Å². The number of sulfonamides is 1. The standard InChI is InChI=1S/C14H18ClNO4S/c15-13-4-2-1-3-11(13)9-21(19,20)16-12-7-5-10(6-8-12)14(17)18/h1-4,10,12,16H,5-9H2,(H,17,18). The number of nitrogens with one attached hydrogen (secondary N) is 1. The van der Waals surface area contributed by atoms with Gasteiger partial charge in [-0.1, -0.05) is 29.8 Å². The van der Waals surface area contributed by atoms with E-state index >= 15 is 0 Å². The second kappa shape index (κ2) is 6.77. The highest BCUT2D eigenvalue weighted by Gasteiger charge is 2.28. The molecule has 116 valence electrons. The van der Waals surface area contributed by atoms with Gasteiger partial charge in [0.05, 0.1) is 11.7 Å². The minimum Gasteiger partial charge on any atom is -0.481 e. The maximum absolute atomic E-state index is 12.1. The van der Waals surface area contributed by atoms with E-state index in [0.717, 1.165) is 0 Å². The van der Waals surface area contributed by atoms with Gasteiger partial charge in [-0.15, -0.1) is 0 Å². The van der Waals surface area contributed by atoms with Gasteiger partial charge >= 0.3 is 5.97 Å². The van der Waals surface area contributed by atoms with Crippen LogP contribution >= 0.6 is 11.6 Å². The third-order valence-electron chi connectivity index (χ3n) is 3.73. The highest BCUT2D eigenvalue weighted by molar-refractivity contribution is 7.88. The molecule has 5 nitrogen and oxygen atoms in total. The van der Waals surface area contributed by atoms with Crippen molar-refractivity contribution in [2.45, 2.75) is 37.5 Å². The number of carboxylic acid groups (broad SMARTS) is 1. The van der Waals surface area contributed by atoms with Crippen LogP contribution in [-0.2, 0) is 20.6 Å². The van der Waals surface area contributed by atoms with Crippen LogP contribution < -0.4 is 4.72 Å². The van der Waals surface area contributed by atoms with Crippen LogP contribution in [0.1, 0.15) is 31.2 Å². The summed E-state index contributed by atoms with van der Waals surface area (Å²) in [6.07, 6.45) is 2.13. The summed E-state index contributed by atoms with van der Waals surface area (Å²) in [5.41, 5.74) is 0.561. The van der Waals surface area contributed by atoms with Crippen LogP contribution in [0.5, 0.6) is 0 Å². The molecule has 2 rings (SSSR count). The predicted molar refractivity (Wildman–Crippen MR) is 80.6 cm³/mol. The summed E-state index contributed by atoms with van der Waals surface area (Å²) in [5.74, 6) is -1.31. The van der Waals surface area contributed by atoms with Crippen LogP contribution in [0.15, 0.2) is 24.3 Å². The van der Waals surface area contributed by atoms with E-state index in [9.17, 15) is 13.2 Å². The molecule has 0 spiro atoms.